The van der Waals surface area contributed by atoms with Gasteiger partial charge in [0.15, 0.2) is 11.5 Å². The number of hydrogen-bond donors (Lipinski definition) is 2. The van der Waals surface area contributed by atoms with Crippen LogP contribution in [-0.4, -0.2) is 68.8 Å². The highest BCUT2D eigenvalue weighted by Crippen LogP contribution is 2.45. The zero-order valence-corrected chi connectivity index (χ0v) is 25.9. The predicted octanol–water partition coefficient (Wildman–Crippen LogP) is 4.11. The zero-order chi connectivity index (χ0) is 30.9. The van der Waals surface area contributed by atoms with Gasteiger partial charge in [-0.25, -0.2) is 24.8 Å². The molecule has 42 heavy (non-hydrogen) atoms. The molecule has 2 heterocycles. The number of nitrogens with two attached hydrogens (primary N) is 1. The maximum Gasteiger partial charge on any atom is 0.338 e. The second kappa shape index (κ2) is 14.7. The number of fused-ring (bicyclic) bond motifs is 1. The Morgan fingerprint density at radius 2 is 1.90 bits per heavy atom. The molecule has 0 amide bonds. The monoisotopic (exact) mass is 604 g/mol. The van der Waals surface area contributed by atoms with E-state index in [2.05, 4.69) is 20.0 Å². The number of aromatic nitrogens is 4. The van der Waals surface area contributed by atoms with Gasteiger partial charge in [-0.15, -0.1) is 0 Å². The van der Waals surface area contributed by atoms with E-state index in [0.717, 1.165) is 5.56 Å². The summed E-state index contributed by atoms with van der Waals surface area (Å²) in [6.07, 6.45) is 2.96. The summed E-state index contributed by atoms with van der Waals surface area (Å²) in [5, 5.41) is 2.87. The first-order valence-electron chi connectivity index (χ1n) is 13.9. The first kappa shape index (κ1) is 33.1. The molecule has 0 saturated carbocycles. The number of carbonyl (C=O) groups is 2. The molecule has 230 valence electrons. The smallest absolute Gasteiger partial charge is 0.338 e. The van der Waals surface area contributed by atoms with Crippen LogP contribution in [-0.2, 0) is 41.1 Å². The van der Waals surface area contributed by atoms with E-state index >= 15 is 0 Å². The van der Waals surface area contributed by atoms with Crippen molar-refractivity contribution in [2.24, 2.45) is 0 Å². The summed E-state index contributed by atoms with van der Waals surface area (Å²) in [4.78, 5) is 37.4. The van der Waals surface area contributed by atoms with E-state index in [1.165, 1.54) is 6.33 Å². The third kappa shape index (κ3) is 9.32. The lowest BCUT2D eigenvalue weighted by Crippen LogP contribution is -2.47. The maximum atomic E-state index is 14.1. The Morgan fingerprint density at radius 3 is 2.62 bits per heavy atom. The van der Waals surface area contributed by atoms with Crippen LogP contribution < -0.4 is 10.8 Å². The van der Waals surface area contributed by atoms with Gasteiger partial charge in [0.05, 0.1) is 43.9 Å². The Morgan fingerprint density at radius 1 is 1.14 bits per heavy atom. The number of nitrogens with one attached hydrogen (secondary N) is 1. The maximum absolute atomic E-state index is 14.1. The quantitative estimate of drug-likeness (QED) is 0.177. The minimum atomic E-state index is -3.75. The summed E-state index contributed by atoms with van der Waals surface area (Å²) in [5.74, 6) is -0.705. The van der Waals surface area contributed by atoms with Crippen LogP contribution in [0.25, 0.3) is 11.2 Å². The average Bonchev–Trinajstić information content (AvgIpc) is 3.34. The van der Waals surface area contributed by atoms with Crippen LogP contribution in [0, 0.1) is 0 Å². The first-order chi connectivity index (χ1) is 19.8. The standard InChI is InChI=1S/C28H41N6O7P/c1-7-12-38-27(36)28(5,6)33-42(37,40-13-11-21-9-8-10-22(14-21)26(35)41-19(2)3)18-39-20(4)15-34-17-32-23-24(29)30-16-31-25(23)34/h8-10,14,16-17,19-20H,7,11-13,15,18H2,1-6H3,(H,33,37)(H2,29,30,31)/t20-,42-/m1/s1. The van der Waals surface area contributed by atoms with Crippen LogP contribution in [0.5, 0.6) is 0 Å². The van der Waals surface area contributed by atoms with Crippen molar-refractivity contribution in [1.29, 1.82) is 0 Å². The second-order valence-corrected chi connectivity index (χ2v) is 12.8. The van der Waals surface area contributed by atoms with Crippen LogP contribution in [0.1, 0.15) is 63.9 Å². The lowest BCUT2D eigenvalue weighted by atomic mass is 10.1. The lowest BCUT2D eigenvalue weighted by molar-refractivity contribution is -0.149. The highest BCUT2D eigenvalue weighted by molar-refractivity contribution is 7.56. The van der Waals surface area contributed by atoms with Gasteiger partial charge in [0.25, 0.3) is 7.52 Å². The van der Waals surface area contributed by atoms with E-state index in [1.807, 2.05) is 19.9 Å². The zero-order valence-electron chi connectivity index (χ0n) is 25.0. The van der Waals surface area contributed by atoms with Crippen molar-refractivity contribution in [1.82, 2.24) is 24.6 Å². The number of esters is 2. The molecule has 0 saturated heterocycles. The van der Waals surface area contributed by atoms with Crippen molar-refractivity contribution in [2.45, 2.75) is 78.7 Å². The Hall–Kier alpha value is -3.38. The summed E-state index contributed by atoms with van der Waals surface area (Å²) in [7, 11) is -3.75. The molecule has 13 nitrogen and oxygen atoms in total. The second-order valence-electron chi connectivity index (χ2n) is 10.7. The van der Waals surface area contributed by atoms with E-state index in [1.54, 1.807) is 56.8 Å². The van der Waals surface area contributed by atoms with Gasteiger partial charge in [-0.2, -0.15) is 0 Å². The molecule has 1 aromatic carbocycles. The van der Waals surface area contributed by atoms with Gasteiger partial charge in [-0.3, -0.25) is 9.36 Å². The summed E-state index contributed by atoms with van der Waals surface area (Å²) < 4.78 is 38.3. The lowest BCUT2D eigenvalue weighted by Gasteiger charge is -2.30. The Kier molecular flexibility index (Phi) is 11.6. The van der Waals surface area contributed by atoms with E-state index < -0.39 is 31.1 Å². The van der Waals surface area contributed by atoms with Gasteiger partial charge < -0.3 is 29.0 Å². The molecular weight excluding hydrogens is 563 g/mol. The van der Waals surface area contributed by atoms with Crippen molar-refractivity contribution in [2.75, 3.05) is 25.3 Å². The Bertz CT molecular complexity index is 1410. The summed E-state index contributed by atoms with van der Waals surface area (Å²) in [5.41, 5.74) is 6.81. The molecule has 0 aliphatic rings. The SMILES string of the molecule is CCCOC(=O)C(C)(C)N[P@@](=O)(CO[C@H](C)Cn1cnc2c(N)ncnc21)OCCc1cccc(C(=O)OC(C)C)c1. The largest absolute Gasteiger partial charge is 0.464 e. The molecule has 0 bridgehead atoms. The first-order valence-corrected chi connectivity index (χ1v) is 15.7. The summed E-state index contributed by atoms with van der Waals surface area (Å²) in [6, 6.07) is 6.97. The molecule has 0 aliphatic carbocycles. The molecular formula is C28H41N6O7P. The highest BCUT2D eigenvalue weighted by atomic mass is 31.2. The highest BCUT2D eigenvalue weighted by Gasteiger charge is 2.38. The van der Waals surface area contributed by atoms with Crippen LogP contribution in [0.2, 0.25) is 0 Å². The molecule has 3 N–H and O–H groups in total. The van der Waals surface area contributed by atoms with Gasteiger partial charge in [-0.05, 0) is 65.2 Å². The fourth-order valence-corrected chi connectivity index (χ4v) is 5.97. The molecule has 2 atom stereocenters. The number of nitrogen functional groups attached to an aromatic ring is 1. The van der Waals surface area contributed by atoms with Gasteiger partial charge in [0.2, 0.25) is 0 Å². The van der Waals surface area contributed by atoms with E-state index in [4.69, 9.17) is 24.5 Å². The minimum absolute atomic E-state index is 0.0349. The summed E-state index contributed by atoms with van der Waals surface area (Å²) >= 11 is 0. The van der Waals surface area contributed by atoms with Gasteiger partial charge in [0.1, 0.15) is 23.7 Å². The molecule has 0 fully saturated rings. The molecule has 0 aliphatic heterocycles. The van der Waals surface area contributed by atoms with Crippen LogP contribution >= 0.6 is 7.52 Å². The van der Waals surface area contributed by atoms with Crippen molar-refractivity contribution < 1.29 is 32.9 Å². The number of anilines is 1. The Balaban J connectivity index is 1.70. The van der Waals surface area contributed by atoms with E-state index in [9.17, 15) is 14.2 Å². The van der Waals surface area contributed by atoms with E-state index in [-0.39, 0.29) is 31.5 Å². The third-order valence-corrected chi connectivity index (χ3v) is 7.99. The fraction of sp³-hybridized carbons (Fsp3) is 0.536. The van der Waals surface area contributed by atoms with E-state index in [0.29, 0.717) is 36.1 Å². The van der Waals surface area contributed by atoms with Gasteiger partial charge in [0, 0.05) is 0 Å². The number of imidazole rings is 1. The topological polar surface area (TPSA) is 170 Å². The number of ether oxygens (including phenoxy) is 3. The third-order valence-electron chi connectivity index (χ3n) is 6.01. The minimum Gasteiger partial charge on any atom is -0.464 e. The number of benzene rings is 1. The fourth-order valence-electron chi connectivity index (χ4n) is 3.98. The van der Waals surface area contributed by atoms with Crippen molar-refractivity contribution in [3.8, 4) is 0 Å². The molecule has 2 aromatic heterocycles. The molecule has 3 aromatic rings. The number of nitrogens with zero attached hydrogens (tertiary/aromatic N) is 4. The normalized spacial score (nSPS) is 14.1. The molecule has 14 heteroatoms. The van der Waals surface area contributed by atoms with Crippen LogP contribution in [0.3, 0.4) is 0 Å². The van der Waals surface area contributed by atoms with Crippen molar-refractivity contribution >= 4 is 36.4 Å². The van der Waals surface area contributed by atoms with Crippen molar-refractivity contribution in [3.05, 3.63) is 48.0 Å². The molecule has 3 rings (SSSR count). The Labute approximate surface area is 246 Å². The predicted molar refractivity (Wildman–Crippen MR) is 158 cm³/mol. The van der Waals surface area contributed by atoms with Crippen molar-refractivity contribution in [3.63, 3.8) is 0 Å². The van der Waals surface area contributed by atoms with Gasteiger partial charge in [-0.1, -0.05) is 19.1 Å². The average molecular weight is 605 g/mol. The van der Waals surface area contributed by atoms with Gasteiger partial charge >= 0.3 is 11.9 Å². The molecule has 0 spiro atoms. The van der Waals surface area contributed by atoms with Crippen LogP contribution in [0.4, 0.5) is 5.82 Å². The molecule has 0 unspecified atom stereocenters. The summed E-state index contributed by atoms with van der Waals surface area (Å²) in [6.45, 7) is 11.0. The number of hydrogen-bond acceptors (Lipinski definition) is 11. The number of carbonyl (C=O) groups excluding carboxylic acids is 2. The van der Waals surface area contributed by atoms with Crippen LogP contribution in [0.15, 0.2) is 36.9 Å². The number of rotatable bonds is 16. The molecule has 0 radical (unpaired) electrons.